The maximum atomic E-state index is 12.6. The topological polar surface area (TPSA) is 91.1 Å². The summed E-state index contributed by atoms with van der Waals surface area (Å²) in [4.78, 5) is 23.1. The molecule has 1 saturated heterocycles. The van der Waals surface area contributed by atoms with Crippen LogP contribution in [0.2, 0.25) is 5.02 Å². The van der Waals surface area contributed by atoms with Gasteiger partial charge in [0.1, 0.15) is 17.5 Å². The van der Waals surface area contributed by atoms with Gasteiger partial charge >= 0.3 is 0 Å². The van der Waals surface area contributed by atoms with Crippen LogP contribution in [0.1, 0.15) is 50.7 Å². The van der Waals surface area contributed by atoms with Crippen molar-refractivity contribution in [1.29, 1.82) is 5.26 Å². The molecule has 8 heteroatoms. The molecule has 2 aromatic heterocycles. The van der Waals surface area contributed by atoms with Gasteiger partial charge in [-0.3, -0.25) is 9.69 Å². The van der Waals surface area contributed by atoms with Crippen molar-refractivity contribution < 1.29 is 9.53 Å². The van der Waals surface area contributed by atoms with Crippen molar-refractivity contribution in [1.82, 2.24) is 14.9 Å². The predicted molar refractivity (Wildman–Crippen MR) is 118 cm³/mol. The molecule has 0 bridgehead atoms. The summed E-state index contributed by atoms with van der Waals surface area (Å²) in [6.45, 7) is 7.45. The van der Waals surface area contributed by atoms with E-state index in [4.69, 9.17) is 16.3 Å². The molecule has 7 nitrogen and oxygen atoms in total. The largest absolute Gasteiger partial charge is 0.480 e. The fraction of sp³-hybridized carbons (Fsp3) is 0.455. The van der Waals surface area contributed by atoms with Gasteiger partial charge in [-0.2, -0.15) is 5.26 Å². The van der Waals surface area contributed by atoms with E-state index in [1.807, 2.05) is 26.8 Å². The first kappa shape index (κ1) is 23.6. The average Bonchev–Trinajstić information content (AvgIpc) is 2.80. The quantitative estimate of drug-likeness (QED) is 0.764. The molecule has 2 aromatic rings. The van der Waals surface area contributed by atoms with Gasteiger partial charge in [-0.1, -0.05) is 25.4 Å². The minimum absolute atomic E-state index is 0.110. The molecule has 30 heavy (non-hydrogen) atoms. The van der Waals surface area contributed by atoms with Gasteiger partial charge in [-0.25, -0.2) is 9.97 Å². The van der Waals surface area contributed by atoms with Crippen molar-refractivity contribution in [2.24, 2.45) is 0 Å². The lowest BCUT2D eigenvalue weighted by Crippen LogP contribution is -2.46. The van der Waals surface area contributed by atoms with Crippen molar-refractivity contribution in [2.45, 2.75) is 45.6 Å². The van der Waals surface area contributed by atoms with Gasteiger partial charge in [-0.05, 0) is 56.0 Å². The van der Waals surface area contributed by atoms with Crippen LogP contribution in [0, 0.1) is 11.3 Å². The van der Waals surface area contributed by atoms with E-state index < -0.39 is 0 Å². The number of methoxy groups -OCH3 is 1. The van der Waals surface area contributed by atoms with Gasteiger partial charge < -0.3 is 10.1 Å². The van der Waals surface area contributed by atoms with Crippen LogP contribution in [-0.4, -0.2) is 47.0 Å². The molecule has 0 spiro atoms. The summed E-state index contributed by atoms with van der Waals surface area (Å²) in [5.41, 5.74) is 1.42. The van der Waals surface area contributed by atoms with E-state index in [9.17, 15) is 10.1 Å². The number of anilines is 1. The van der Waals surface area contributed by atoms with Gasteiger partial charge in [0.15, 0.2) is 0 Å². The summed E-state index contributed by atoms with van der Waals surface area (Å²) >= 11 is 5.83. The monoisotopic (exact) mass is 429 g/mol. The standard InChI is InChI=1S/C20H22ClN5O2.C2H6/c1-13(19(27)25-18-6-5-17(21)11-23-18)26-7-3-4-14(12-26)16-8-15(9-22)20(28-2)24-10-16;1-2/h5-6,8,10-11,13-14H,3-4,7,12H2,1-2H3,(H,23,25,27);1-2H3. The third kappa shape index (κ3) is 5.91. The fourth-order valence-corrected chi connectivity index (χ4v) is 3.52. The number of carbonyl (C=O) groups is 1. The molecular weight excluding hydrogens is 402 g/mol. The SMILES string of the molecule is CC.COc1ncc(C2CCCN(C(C)C(=O)Nc3ccc(Cl)cn3)C2)cc1C#N. The number of carbonyl (C=O) groups excluding carboxylic acids is 1. The smallest absolute Gasteiger partial charge is 0.242 e. The van der Waals surface area contributed by atoms with E-state index in [2.05, 4.69) is 26.3 Å². The highest BCUT2D eigenvalue weighted by Gasteiger charge is 2.29. The van der Waals surface area contributed by atoms with Crippen molar-refractivity contribution in [3.8, 4) is 11.9 Å². The second-order valence-corrected chi connectivity index (χ2v) is 7.23. The van der Waals surface area contributed by atoms with Gasteiger partial charge in [-0.15, -0.1) is 0 Å². The molecule has 0 aliphatic carbocycles. The van der Waals surface area contributed by atoms with Crippen LogP contribution >= 0.6 is 11.6 Å². The lowest BCUT2D eigenvalue weighted by Gasteiger charge is -2.36. The van der Waals surface area contributed by atoms with Gasteiger partial charge in [0.2, 0.25) is 11.8 Å². The molecule has 2 atom stereocenters. The second-order valence-electron chi connectivity index (χ2n) is 6.80. The number of nitrogens with zero attached hydrogens (tertiary/aromatic N) is 4. The number of pyridine rings is 2. The van der Waals surface area contributed by atoms with E-state index in [1.54, 1.807) is 18.3 Å². The number of halogens is 1. The Morgan fingerprint density at radius 2 is 2.13 bits per heavy atom. The molecule has 0 radical (unpaired) electrons. The molecule has 2 unspecified atom stereocenters. The van der Waals surface area contributed by atoms with Crippen LogP contribution in [0.3, 0.4) is 0 Å². The van der Waals surface area contributed by atoms with Crippen LogP contribution in [0.25, 0.3) is 0 Å². The van der Waals surface area contributed by atoms with Crippen LogP contribution in [-0.2, 0) is 4.79 Å². The van der Waals surface area contributed by atoms with Crippen LogP contribution < -0.4 is 10.1 Å². The number of hydrogen-bond acceptors (Lipinski definition) is 6. The first-order valence-electron chi connectivity index (χ1n) is 10.1. The van der Waals surface area contributed by atoms with Crippen molar-refractivity contribution >= 4 is 23.3 Å². The number of aromatic nitrogens is 2. The molecule has 1 aliphatic heterocycles. The molecule has 1 fully saturated rings. The predicted octanol–water partition coefficient (Wildman–Crippen LogP) is 4.24. The lowest BCUT2D eigenvalue weighted by molar-refractivity contribution is -0.121. The number of nitrogens with one attached hydrogen (secondary N) is 1. The minimum atomic E-state index is -0.304. The number of nitriles is 1. The lowest BCUT2D eigenvalue weighted by atomic mass is 9.90. The number of amides is 1. The van der Waals surface area contributed by atoms with Crippen LogP contribution in [0.15, 0.2) is 30.6 Å². The molecule has 3 rings (SSSR count). The van der Waals surface area contributed by atoms with E-state index in [0.717, 1.165) is 31.5 Å². The van der Waals surface area contributed by atoms with E-state index >= 15 is 0 Å². The first-order chi connectivity index (χ1) is 14.5. The number of ether oxygens (including phenoxy) is 1. The number of likely N-dealkylation sites (tertiary alicyclic amines) is 1. The van der Waals surface area contributed by atoms with E-state index in [0.29, 0.717) is 22.3 Å². The summed E-state index contributed by atoms with van der Waals surface area (Å²) in [7, 11) is 1.50. The van der Waals surface area contributed by atoms with Crippen molar-refractivity contribution in [3.63, 3.8) is 0 Å². The normalized spacial score (nSPS) is 17.1. The molecule has 1 aliphatic rings. The third-order valence-corrected chi connectivity index (χ3v) is 5.24. The Morgan fingerprint density at radius 3 is 2.77 bits per heavy atom. The van der Waals surface area contributed by atoms with Gasteiger partial charge in [0.25, 0.3) is 0 Å². The third-order valence-electron chi connectivity index (χ3n) is 5.02. The van der Waals surface area contributed by atoms with Crippen LogP contribution in [0.5, 0.6) is 5.88 Å². The Morgan fingerprint density at radius 1 is 1.37 bits per heavy atom. The summed E-state index contributed by atoms with van der Waals surface area (Å²) < 4.78 is 5.12. The number of rotatable bonds is 5. The maximum Gasteiger partial charge on any atom is 0.242 e. The number of hydrogen-bond donors (Lipinski definition) is 1. The molecule has 1 N–H and O–H groups in total. The highest BCUT2D eigenvalue weighted by atomic mass is 35.5. The van der Waals surface area contributed by atoms with Crippen molar-refractivity contribution in [3.05, 3.63) is 46.7 Å². The zero-order chi connectivity index (χ0) is 22.1. The Kier molecular flexibility index (Phi) is 9.03. The molecule has 0 aromatic carbocycles. The Balaban J connectivity index is 0.00000155. The zero-order valence-corrected chi connectivity index (χ0v) is 18.6. The molecule has 1 amide bonds. The Labute approximate surface area is 183 Å². The van der Waals surface area contributed by atoms with E-state index in [1.165, 1.54) is 13.3 Å². The highest BCUT2D eigenvalue weighted by Crippen LogP contribution is 2.30. The first-order valence-corrected chi connectivity index (χ1v) is 10.5. The second kappa shape index (κ2) is 11.5. The maximum absolute atomic E-state index is 12.6. The van der Waals surface area contributed by atoms with Gasteiger partial charge in [0.05, 0.1) is 18.2 Å². The average molecular weight is 430 g/mol. The Hall–Kier alpha value is -2.69. The summed E-state index contributed by atoms with van der Waals surface area (Å²) in [5.74, 6) is 0.916. The molecule has 0 saturated carbocycles. The Bertz CT molecular complexity index is 882. The molecular formula is C22H28ClN5O2. The van der Waals surface area contributed by atoms with E-state index in [-0.39, 0.29) is 17.9 Å². The minimum Gasteiger partial charge on any atom is -0.480 e. The fourth-order valence-electron chi connectivity index (χ4n) is 3.41. The summed E-state index contributed by atoms with van der Waals surface area (Å²) in [6, 6.07) is 7.03. The van der Waals surface area contributed by atoms with Crippen molar-refractivity contribution in [2.75, 3.05) is 25.5 Å². The molecule has 160 valence electrons. The molecule has 3 heterocycles. The van der Waals surface area contributed by atoms with Gasteiger partial charge in [0, 0.05) is 18.9 Å². The zero-order valence-electron chi connectivity index (χ0n) is 17.9. The number of piperidine rings is 1. The summed E-state index contributed by atoms with van der Waals surface area (Å²) in [6.07, 6.45) is 5.22. The highest BCUT2D eigenvalue weighted by molar-refractivity contribution is 6.30. The summed E-state index contributed by atoms with van der Waals surface area (Å²) in [5, 5.41) is 12.6. The van der Waals surface area contributed by atoms with Crippen LogP contribution in [0.4, 0.5) is 5.82 Å².